The third-order valence-corrected chi connectivity index (χ3v) is 4.26. The van der Waals surface area contributed by atoms with Gasteiger partial charge < -0.3 is 24.3 Å². The summed E-state index contributed by atoms with van der Waals surface area (Å²) in [6, 6.07) is 14.7. The maximum atomic E-state index is 12.1. The van der Waals surface area contributed by atoms with Gasteiger partial charge >= 0.3 is 29.6 Å². The minimum absolute atomic E-state index is 0. The van der Waals surface area contributed by atoms with Crippen molar-refractivity contribution in [2.24, 2.45) is 5.92 Å². The van der Waals surface area contributed by atoms with E-state index in [0.29, 0.717) is 31.1 Å². The first kappa shape index (κ1) is 21.3. The Balaban J connectivity index is 0.00000261. The summed E-state index contributed by atoms with van der Waals surface area (Å²) in [6.07, 6.45) is 0.418. The first-order valence-electron chi connectivity index (χ1n) is 8.49. The molecule has 1 unspecified atom stereocenters. The van der Waals surface area contributed by atoms with Crippen LogP contribution in [0.15, 0.2) is 48.5 Å². The van der Waals surface area contributed by atoms with Gasteiger partial charge in [0.15, 0.2) is 6.61 Å². The van der Waals surface area contributed by atoms with Gasteiger partial charge in [-0.25, -0.2) is 0 Å². The number of anilines is 1. The van der Waals surface area contributed by atoms with Crippen LogP contribution in [0.2, 0.25) is 0 Å². The second kappa shape index (κ2) is 9.78. The Bertz CT molecular complexity index is 793. The molecule has 136 valence electrons. The number of ether oxygens (including phenoxy) is 2. The summed E-state index contributed by atoms with van der Waals surface area (Å²) in [7, 11) is 0. The van der Waals surface area contributed by atoms with Gasteiger partial charge in [-0.05, 0) is 42.2 Å². The summed E-state index contributed by atoms with van der Waals surface area (Å²) in [5, 5.41) is 10.8. The van der Waals surface area contributed by atoms with Crippen LogP contribution in [0, 0.1) is 5.92 Å². The van der Waals surface area contributed by atoms with E-state index in [1.54, 1.807) is 24.0 Å². The molecule has 6 nitrogen and oxygen atoms in total. The third kappa shape index (κ3) is 5.48. The third-order valence-electron chi connectivity index (χ3n) is 4.26. The quantitative estimate of drug-likeness (QED) is 0.545. The second-order valence-electron chi connectivity index (χ2n) is 6.22. The molecule has 0 aliphatic carbocycles. The maximum absolute atomic E-state index is 12.1. The van der Waals surface area contributed by atoms with E-state index in [-0.39, 0.29) is 42.1 Å². The Kier molecular flexibility index (Phi) is 7.71. The second-order valence-corrected chi connectivity index (χ2v) is 6.22. The van der Waals surface area contributed by atoms with Gasteiger partial charge in [0.1, 0.15) is 18.1 Å². The number of hydrogen-bond donors (Lipinski definition) is 0. The number of aliphatic carboxylic acids is 1. The zero-order chi connectivity index (χ0) is 18.5. The number of benzene rings is 2. The molecule has 27 heavy (non-hydrogen) atoms. The normalized spacial score (nSPS) is 13.8. The SMILES string of the molecule is CC(Cc1ccc(OCCN2C(=O)COc3ccccc32)cc1)C(=O)[O-].[Na+]. The Labute approximate surface area is 180 Å². The fourth-order valence-electron chi connectivity index (χ4n) is 2.81. The molecular weight excluding hydrogens is 357 g/mol. The van der Waals surface area contributed by atoms with Gasteiger partial charge in [0.2, 0.25) is 0 Å². The van der Waals surface area contributed by atoms with Crippen LogP contribution in [-0.2, 0) is 16.0 Å². The summed E-state index contributed by atoms with van der Waals surface area (Å²) in [4.78, 5) is 24.6. The van der Waals surface area contributed by atoms with Crippen LogP contribution in [-0.4, -0.2) is 31.6 Å². The molecule has 0 bridgehead atoms. The van der Waals surface area contributed by atoms with E-state index >= 15 is 0 Å². The number of amides is 1. The number of para-hydroxylation sites is 2. The summed E-state index contributed by atoms with van der Waals surface area (Å²) in [6.45, 7) is 2.41. The molecule has 0 saturated carbocycles. The fraction of sp³-hybridized carbons (Fsp3) is 0.300. The van der Waals surface area contributed by atoms with Gasteiger partial charge in [-0.2, -0.15) is 0 Å². The van der Waals surface area contributed by atoms with Crippen molar-refractivity contribution in [3.8, 4) is 11.5 Å². The number of carboxylic acid groups (broad SMARTS) is 1. The number of nitrogens with zero attached hydrogens (tertiary/aromatic N) is 1. The average molecular weight is 377 g/mol. The molecule has 0 saturated heterocycles. The van der Waals surface area contributed by atoms with E-state index < -0.39 is 11.9 Å². The Morgan fingerprint density at radius 1 is 1.22 bits per heavy atom. The number of carbonyl (C=O) groups excluding carboxylic acids is 2. The van der Waals surface area contributed by atoms with Gasteiger partial charge in [0.25, 0.3) is 5.91 Å². The van der Waals surface area contributed by atoms with Crippen molar-refractivity contribution >= 4 is 17.6 Å². The molecule has 2 aromatic carbocycles. The van der Waals surface area contributed by atoms with Crippen molar-refractivity contribution in [2.75, 3.05) is 24.7 Å². The first-order chi connectivity index (χ1) is 12.5. The van der Waals surface area contributed by atoms with Crippen LogP contribution in [0.1, 0.15) is 12.5 Å². The fourth-order valence-corrected chi connectivity index (χ4v) is 2.81. The summed E-state index contributed by atoms with van der Waals surface area (Å²) in [5.74, 6) is -0.323. The molecule has 1 aliphatic rings. The number of rotatable bonds is 7. The number of carbonyl (C=O) groups is 2. The van der Waals surface area contributed by atoms with Crippen LogP contribution in [0.5, 0.6) is 11.5 Å². The zero-order valence-corrected chi connectivity index (χ0v) is 17.5. The largest absolute Gasteiger partial charge is 1.00 e. The molecule has 0 N–H and O–H groups in total. The Morgan fingerprint density at radius 2 is 1.93 bits per heavy atom. The van der Waals surface area contributed by atoms with E-state index in [1.807, 2.05) is 36.4 Å². The van der Waals surface area contributed by atoms with Gasteiger partial charge in [-0.3, -0.25) is 4.79 Å². The molecular formula is C20H20NNaO5. The van der Waals surface area contributed by atoms with E-state index in [4.69, 9.17) is 9.47 Å². The van der Waals surface area contributed by atoms with Crippen molar-refractivity contribution in [3.63, 3.8) is 0 Å². The van der Waals surface area contributed by atoms with Gasteiger partial charge in [-0.1, -0.05) is 31.2 Å². The van der Waals surface area contributed by atoms with Gasteiger partial charge in [0.05, 0.1) is 12.2 Å². The zero-order valence-electron chi connectivity index (χ0n) is 15.5. The van der Waals surface area contributed by atoms with E-state index in [9.17, 15) is 14.7 Å². The predicted octanol–water partition coefficient (Wildman–Crippen LogP) is -1.58. The molecule has 0 fully saturated rings. The Hall–Kier alpha value is -2.02. The minimum Gasteiger partial charge on any atom is -0.550 e. The van der Waals surface area contributed by atoms with Crippen LogP contribution < -0.4 is 49.0 Å². The molecule has 0 aromatic heterocycles. The van der Waals surface area contributed by atoms with Crippen molar-refractivity contribution in [1.29, 1.82) is 0 Å². The molecule has 2 aromatic rings. The molecule has 7 heteroatoms. The van der Waals surface area contributed by atoms with Crippen LogP contribution in [0.25, 0.3) is 0 Å². The molecule has 0 radical (unpaired) electrons. The van der Waals surface area contributed by atoms with E-state index in [1.165, 1.54) is 0 Å². The maximum Gasteiger partial charge on any atom is 1.00 e. The van der Waals surface area contributed by atoms with E-state index in [0.717, 1.165) is 11.3 Å². The average Bonchev–Trinajstić information content (AvgIpc) is 2.65. The standard InChI is InChI=1S/C20H21NO5.Na/c1-14(20(23)24)12-15-6-8-16(9-7-15)25-11-10-21-17-4-2-3-5-18(17)26-13-19(21)22;/h2-9,14H,10-13H2,1H3,(H,23,24);/q;+1/p-1. The first-order valence-corrected chi connectivity index (χ1v) is 8.49. The van der Waals surface area contributed by atoms with Crippen molar-refractivity contribution < 1.29 is 53.7 Å². The van der Waals surface area contributed by atoms with Crippen LogP contribution in [0.4, 0.5) is 5.69 Å². The van der Waals surface area contributed by atoms with Crippen molar-refractivity contribution in [2.45, 2.75) is 13.3 Å². The number of carboxylic acids is 1. The molecule has 0 spiro atoms. The van der Waals surface area contributed by atoms with Gasteiger partial charge in [0, 0.05) is 5.97 Å². The molecule has 3 rings (SSSR count). The number of hydrogen-bond acceptors (Lipinski definition) is 5. The smallest absolute Gasteiger partial charge is 0.550 e. The predicted molar refractivity (Wildman–Crippen MR) is 94.1 cm³/mol. The summed E-state index contributed by atoms with van der Waals surface area (Å²) in [5.41, 5.74) is 1.66. The topological polar surface area (TPSA) is 78.9 Å². The summed E-state index contributed by atoms with van der Waals surface area (Å²) < 4.78 is 11.1. The monoisotopic (exact) mass is 377 g/mol. The molecule has 1 amide bonds. The molecule has 1 atom stereocenters. The van der Waals surface area contributed by atoms with Crippen LogP contribution >= 0.6 is 0 Å². The molecule has 1 heterocycles. The minimum atomic E-state index is -1.05. The molecule has 1 aliphatic heterocycles. The van der Waals surface area contributed by atoms with E-state index in [2.05, 4.69) is 0 Å². The number of fused-ring (bicyclic) bond motifs is 1. The van der Waals surface area contributed by atoms with Crippen molar-refractivity contribution in [1.82, 2.24) is 0 Å². The Morgan fingerprint density at radius 3 is 2.63 bits per heavy atom. The van der Waals surface area contributed by atoms with Crippen molar-refractivity contribution in [3.05, 3.63) is 54.1 Å². The summed E-state index contributed by atoms with van der Waals surface area (Å²) >= 11 is 0. The van der Waals surface area contributed by atoms with Crippen LogP contribution in [0.3, 0.4) is 0 Å². The van der Waals surface area contributed by atoms with Gasteiger partial charge in [-0.15, -0.1) is 0 Å².